The van der Waals surface area contributed by atoms with Crippen molar-refractivity contribution < 1.29 is 14.4 Å². The van der Waals surface area contributed by atoms with Crippen LogP contribution in [0.1, 0.15) is 72.8 Å². The maximum Gasteiger partial charge on any atom is 0.272 e. The van der Waals surface area contributed by atoms with Gasteiger partial charge in [-0.1, -0.05) is 30.7 Å². The van der Waals surface area contributed by atoms with Crippen molar-refractivity contribution in [3.8, 4) is 0 Å². The van der Waals surface area contributed by atoms with Crippen molar-refractivity contribution in [3.63, 3.8) is 0 Å². The van der Waals surface area contributed by atoms with Crippen molar-refractivity contribution in [2.24, 2.45) is 11.3 Å². The van der Waals surface area contributed by atoms with Crippen LogP contribution in [0.3, 0.4) is 0 Å². The van der Waals surface area contributed by atoms with Crippen LogP contribution in [0.25, 0.3) is 0 Å². The number of imidazole rings is 1. The number of amides is 3. The minimum Gasteiger partial charge on any atom is -0.349 e. The molecule has 1 saturated carbocycles. The fraction of sp³-hybridized carbons (Fsp3) is 0.571. The monoisotopic (exact) mass is 540 g/mol. The molecule has 0 unspecified atom stereocenters. The third-order valence-electron chi connectivity index (χ3n) is 8.61. The number of halogens is 1. The molecule has 3 aliphatic rings. The number of nitrogens with one attached hydrogen (secondary N) is 3. The molecule has 3 amide bonds. The van der Waals surface area contributed by atoms with Crippen molar-refractivity contribution in [3.05, 3.63) is 47.0 Å². The van der Waals surface area contributed by atoms with E-state index in [4.69, 9.17) is 11.6 Å². The minimum atomic E-state index is -0.399. The second-order valence-electron chi connectivity index (χ2n) is 11.1. The quantitative estimate of drug-likeness (QED) is 0.497. The number of aromatic nitrogens is 2. The number of aromatic amines is 1. The average Bonchev–Trinajstić information content (AvgIpc) is 3.53. The van der Waals surface area contributed by atoms with Crippen LogP contribution >= 0.6 is 11.6 Å². The Morgan fingerprint density at radius 2 is 1.82 bits per heavy atom. The van der Waals surface area contributed by atoms with Crippen molar-refractivity contribution in [1.29, 1.82) is 0 Å². The van der Waals surface area contributed by atoms with Crippen LogP contribution in [-0.4, -0.2) is 71.4 Å². The molecule has 2 saturated heterocycles. The molecule has 10 heteroatoms. The molecule has 38 heavy (non-hydrogen) atoms. The smallest absolute Gasteiger partial charge is 0.272 e. The van der Waals surface area contributed by atoms with Crippen LogP contribution in [0.5, 0.6) is 0 Å². The molecule has 0 bridgehead atoms. The van der Waals surface area contributed by atoms with Gasteiger partial charge in [0.2, 0.25) is 5.91 Å². The molecule has 1 aromatic carbocycles. The van der Waals surface area contributed by atoms with E-state index in [9.17, 15) is 14.4 Å². The average molecular weight is 541 g/mol. The van der Waals surface area contributed by atoms with Crippen LogP contribution in [-0.2, 0) is 4.79 Å². The summed E-state index contributed by atoms with van der Waals surface area (Å²) in [5.41, 5.74) is 0.658. The number of benzene rings is 1. The summed E-state index contributed by atoms with van der Waals surface area (Å²) in [6.45, 7) is 6.37. The Bertz CT molecular complexity index is 1170. The Kier molecular flexibility index (Phi) is 8.04. The maximum absolute atomic E-state index is 13.4. The second-order valence-corrected chi connectivity index (χ2v) is 11.5. The zero-order chi connectivity index (χ0) is 26.7. The summed E-state index contributed by atoms with van der Waals surface area (Å²) in [6.07, 6.45) is 7.37. The number of piperidine rings is 1. The third-order valence-corrected chi connectivity index (χ3v) is 8.92. The number of anilines is 1. The highest BCUT2D eigenvalue weighted by Crippen LogP contribution is 2.47. The first-order chi connectivity index (χ1) is 18.4. The number of H-pyrrole nitrogens is 1. The summed E-state index contributed by atoms with van der Waals surface area (Å²) in [6, 6.07) is 7.38. The number of hydrogen-bond donors (Lipinski definition) is 3. The van der Waals surface area contributed by atoms with E-state index < -0.39 is 5.41 Å². The molecule has 5 rings (SSSR count). The van der Waals surface area contributed by atoms with E-state index in [0.717, 1.165) is 37.7 Å². The van der Waals surface area contributed by atoms with E-state index in [-0.39, 0.29) is 35.2 Å². The van der Waals surface area contributed by atoms with E-state index in [0.29, 0.717) is 43.8 Å². The number of carbonyl (C=O) groups excluding carboxylic acids is 3. The first-order valence-corrected chi connectivity index (χ1v) is 14.2. The van der Waals surface area contributed by atoms with Gasteiger partial charge >= 0.3 is 0 Å². The number of nitrogens with zero attached hydrogens (tertiary/aromatic N) is 3. The van der Waals surface area contributed by atoms with Gasteiger partial charge in [0.25, 0.3) is 11.8 Å². The van der Waals surface area contributed by atoms with E-state index in [1.807, 2.05) is 23.1 Å². The predicted molar refractivity (Wildman–Crippen MR) is 146 cm³/mol. The highest BCUT2D eigenvalue weighted by molar-refractivity contribution is 6.34. The number of likely N-dealkylation sites (tertiary alicyclic amines) is 1. The fourth-order valence-corrected chi connectivity index (χ4v) is 6.33. The van der Waals surface area contributed by atoms with Crippen LogP contribution in [0.15, 0.2) is 30.6 Å². The topological polar surface area (TPSA) is 110 Å². The molecule has 3 heterocycles. The molecule has 1 aromatic heterocycles. The van der Waals surface area contributed by atoms with Gasteiger partial charge in [0.1, 0.15) is 5.69 Å². The Morgan fingerprint density at radius 1 is 1.08 bits per heavy atom. The van der Waals surface area contributed by atoms with Gasteiger partial charge in [0.05, 0.1) is 22.5 Å². The van der Waals surface area contributed by atoms with Gasteiger partial charge in [0, 0.05) is 25.7 Å². The lowest BCUT2D eigenvalue weighted by molar-refractivity contribution is -0.127. The largest absolute Gasteiger partial charge is 0.349 e. The number of rotatable bonds is 7. The molecule has 1 aliphatic carbocycles. The normalized spacial score (nSPS) is 24.6. The summed E-state index contributed by atoms with van der Waals surface area (Å²) in [7, 11) is 0. The summed E-state index contributed by atoms with van der Waals surface area (Å²) < 4.78 is 0. The maximum atomic E-state index is 13.4. The molecule has 0 radical (unpaired) electrons. The summed E-state index contributed by atoms with van der Waals surface area (Å²) >= 11 is 6.35. The molecule has 3 fully saturated rings. The molecule has 204 valence electrons. The fourth-order valence-electron chi connectivity index (χ4n) is 6.09. The molecule has 0 atom stereocenters. The highest BCUT2D eigenvalue weighted by Gasteiger charge is 2.49. The Balaban J connectivity index is 1.11. The Hall–Kier alpha value is -2.91. The van der Waals surface area contributed by atoms with Crippen LogP contribution < -0.4 is 15.5 Å². The number of carbonyl (C=O) groups is 3. The lowest BCUT2D eigenvalue weighted by Crippen LogP contribution is -2.44. The van der Waals surface area contributed by atoms with Crippen LogP contribution in [0.2, 0.25) is 5.02 Å². The van der Waals surface area contributed by atoms with Gasteiger partial charge in [-0.2, -0.15) is 0 Å². The van der Waals surface area contributed by atoms with E-state index >= 15 is 0 Å². The predicted octanol–water partition coefficient (Wildman–Crippen LogP) is 3.62. The van der Waals surface area contributed by atoms with Crippen LogP contribution in [0, 0.1) is 11.3 Å². The van der Waals surface area contributed by atoms with E-state index in [1.54, 1.807) is 6.07 Å². The SMILES string of the molecule is CC1CCN(CCNC(=O)c2[nH]cnc2C(=O)NC2CCC3(CC2)CCN(c2ccccc2Cl)C3=O)CC1. The van der Waals surface area contributed by atoms with Gasteiger partial charge in [-0.25, -0.2) is 4.98 Å². The van der Waals surface area contributed by atoms with Gasteiger partial charge in [-0.3, -0.25) is 14.4 Å². The highest BCUT2D eigenvalue weighted by atomic mass is 35.5. The van der Waals surface area contributed by atoms with Crippen molar-refractivity contribution >= 4 is 35.0 Å². The zero-order valence-corrected chi connectivity index (χ0v) is 22.7. The molecule has 2 aliphatic heterocycles. The Labute approximate surface area is 228 Å². The number of para-hydroxylation sites is 1. The van der Waals surface area contributed by atoms with Gasteiger partial charge in [0.15, 0.2) is 5.69 Å². The molecular weight excluding hydrogens is 504 g/mol. The van der Waals surface area contributed by atoms with Gasteiger partial charge in [-0.05, 0) is 76.1 Å². The molecule has 9 nitrogen and oxygen atoms in total. The standard InChI is InChI=1S/C28H37ClN6O3/c1-19-8-14-34(15-9-19)17-13-30-25(36)23-24(32-18-31-23)26(37)33-20-6-10-28(11-7-20)12-16-35(27(28)38)22-5-3-2-4-21(22)29/h2-5,18-20H,6-17H2,1H3,(H,30,36)(H,31,32)(H,33,37). The summed E-state index contributed by atoms with van der Waals surface area (Å²) in [5.74, 6) is 0.207. The van der Waals surface area contributed by atoms with E-state index in [2.05, 4.69) is 32.4 Å². The third kappa shape index (κ3) is 5.59. The molecule has 3 N–H and O–H groups in total. The lowest BCUT2D eigenvalue weighted by Gasteiger charge is -2.36. The molecular formula is C28H37ClN6O3. The summed E-state index contributed by atoms with van der Waals surface area (Å²) in [4.78, 5) is 50.3. The molecule has 1 spiro atoms. The minimum absolute atomic E-state index is 0.0654. The van der Waals surface area contributed by atoms with Crippen molar-refractivity contribution in [2.75, 3.05) is 37.6 Å². The summed E-state index contributed by atoms with van der Waals surface area (Å²) in [5, 5.41) is 6.55. The second kappa shape index (κ2) is 11.5. The van der Waals surface area contributed by atoms with E-state index in [1.165, 1.54) is 19.2 Å². The van der Waals surface area contributed by atoms with Crippen LogP contribution in [0.4, 0.5) is 5.69 Å². The lowest BCUT2D eigenvalue weighted by atomic mass is 9.71. The van der Waals surface area contributed by atoms with Crippen molar-refractivity contribution in [2.45, 2.75) is 57.9 Å². The first kappa shape index (κ1) is 26.7. The van der Waals surface area contributed by atoms with Gasteiger partial charge in [-0.15, -0.1) is 0 Å². The van der Waals surface area contributed by atoms with Gasteiger partial charge < -0.3 is 25.4 Å². The molecule has 2 aromatic rings. The number of hydrogen-bond acceptors (Lipinski definition) is 5. The van der Waals surface area contributed by atoms with Crippen molar-refractivity contribution in [1.82, 2.24) is 25.5 Å². The zero-order valence-electron chi connectivity index (χ0n) is 22.0. The first-order valence-electron chi connectivity index (χ1n) is 13.8. The Morgan fingerprint density at radius 3 is 2.55 bits per heavy atom.